The molecule has 0 aliphatic rings. The van der Waals surface area contributed by atoms with Gasteiger partial charge in [0, 0.05) is 33.3 Å². The minimum Gasteiger partial charge on any atom is -0.332 e. The molecule has 7 rings (SSSR count). The van der Waals surface area contributed by atoms with Crippen LogP contribution in [0.15, 0.2) is 144 Å². The fourth-order valence-corrected chi connectivity index (χ4v) is 6.22. The number of rotatable bonds is 8. The maximum absolute atomic E-state index is 4.81. The molecule has 5 aromatic carbocycles. The summed E-state index contributed by atoms with van der Waals surface area (Å²) in [5.74, 6) is 0. The maximum atomic E-state index is 4.81. The van der Waals surface area contributed by atoms with Crippen LogP contribution >= 0.6 is 39.7 Å². The third kappa shape index (κ3) is 6.75. The Kier molecular flexibility index (Phi) is 8.75. The van der Waals surface area contributed by atoms with E-state index in [9.17, 15) is 0 Å². The number of halogens is 1. The standard InChI is InChI=1S/C36H26N4S2.BrH/c1-3-7-25(8-4-1)27-11-15-29(16-12-27)33-23-41-35(39-33)37-31-19-21-32(22-20-31)38-36-40-34(24-42-36)30-17-13-28(14-18-30)26-9-5-2-6-10-26;/h1-24H,(H,37,39)(H,38,40);1H. The zero-order chi connectivity index (χ0) is 28.1. The van der Waals surface area contributed by atoms with Gasteiger partial charge in [-0.3, -0.25) is 0 Å². The molecule has 0 bridgehead atoms. The van der Waals surface area contributed by atoms with E-state index in [1.807, 2.05) is 12.1 Å². The van der Waals surface area contributed by atoms with Crippen LogP contribution < -0.4 is 10.6 Å². The van der Waals surface area contributed by atoms with Crippen molar-refractivity contribution in [2.24, 2.45) is 0 Å². The largest absolute Gasteiger partial charge is 0.332 e. The van der Waals surface area contributed by atoms with Crippen molar-refractivity contribution in [3.05, 3.63) is 144 Å². The predicted molar refractivity (Wildman–Crippen MR) is 189 cm³/mol. The zero-order valence-electron chi connectivity index (χ0n) is 23.0. The Morgan fingerprint density at radius 2 is 0.698 bits per heavy atom. The van der Waals surface area contributed by atoms with Crippen molar-refractivity contribution in [1.29, 1.82) is 0 Å². The van der Waals surface area contributed by atoms with Crippen LogP contribution in [0.25, 0.3) is 44.8 Å². The Morgan fingerprint density at radius 3 is 1.07 bits per heavy atom. The summed E-state index contributed by atoms with van der Waals surface area (Å²) < 4.78 is 0. The lowest BCUT2D eigenvalue weighted by Gasteiger charge is -2.06. The number of anilines is 4. The SMILES string of the molecule is Br.c1ccc(-c2ccc(-c3csc(Nc4ccc(Nc5nc(-c6ccc(-c7ccccc7)cc6)cs5)cc4)n3)cc2)cc1. The Morgan fingerprint density at radius 1 is 0.372 bits per heavy atom. The Labute approximate surface area is 269 Å². The Bertz CT molecular complexity index is 1760. The first-order valence-corrected chi connectivity index (χ1v) is 15.4. The van der Waals surface area contributed by atoms with Crippen molar-refractivity contribution in [1.82, 2.24) is 9.97 Å². The van der Waals surface area contributed by atoms with E-state index in [4.69, 9.17) is 9.97 Å². The topological polar surface area (TPSA) is 49.8 Å². The minimum absolute atomic E-state index is 0. The van der Waals surface area contributed by atoms with E-state index in [0.717, 1.165) is 44.2 Å². The first-order chi connectivity index (χ1) is 20.8. The third-order valence-electron chi connectivity index (χ3n) is 6.97. The van der Waals surface area contributed by atoms with E-state index in [1.54, 1.807) is 22.7 Å². The first-order valence-electron chi connectivity index (χ1n) is 13.6. The van der Waals surface area contributed by atoms with Gasteiger partial charge < -0.3 is 10.6 Å². The molecule has 0 fully saturated rings. The summed E-state index contributed by atoms with van der Waals surface area (Å²) in [6.45, 7) is 0. The van der Waals surface area contributed by atoms with Crippen molar-refractivity contribution in [2.75, 3.05) is 10.6 Å². The number of nitrogens with zero attached hydrogens (tertiary/aromatic N) is 2. The van der Waals surface area contributed by atoms with Crippen molar-refractivity contribution >= 4 is 61.3 Å². The molecule has 0 amide bonds. The van der Waals surface area contributed by atoms with Gasteiger partial charge in [-0.25, -0.2) is 9.97 Å². The summed E-state index contributed by atoms with van der Waals surface area (Å²) in [4.78, 5) is 9.61. The van der Waals surface area contributed by atoms with Crippen LogP contribution in [0.3, 0.4) is 0 Å². The third-order valence-corrected chi connectivity index (χ3v) is 8.49. The molecular weight excluding hydrogens is 632 g/mol. The van der Waals surface area contributed by atoms with Gasteiger partial charge in [-0.2, -0.15) is 0 Å². The van der Waals surface area contributed by atoms with E-state index in [0.29, 0.717) is 0 Å². The van der Waals surface area contributed by atoms with Gasteiger partial charge in [0.05, 0.1) is 11.4 Å². The van der Waals surface area contributed by atoms with Crippen LogP contribution in [0, 0.1) is 0 Å². The van der Waals surface area contributed by atoms with Crippen LogP contribution in [0.1, 0.15) is 0 Å². The molecule has 7 heteroatoms. The molecule has 4 nitrogen and oxygen atoms in total. The molecule has 0 aliphatic heterocycles. The van der Waals surface area contributed by atoms with Crippen molar-refractivity contribution in [3.8, 4) is 44.8 Å². The highest BCUT2D eigenvalue weighted by Gasteiger charge is 2.08. The summed E-state index contributed by atoms with van der Waals surface area (Å²) in [6, 6.07) is 46.1. The minimum atomic E-state index is 0. The van der Waals surface area contributed by atoms with Crippen molar-refractivity contribution < 1.29 is 0 Å². The molecule has 0 aliphatic carbocycles. The Hall–Kier alpha value is -4.56. The molecule has 7 aromatic rings. The van der Waals surface area contributed by atoms with Gasteiger partial charge in [0.1, 0.15) is 0 Å². The smallest absolute Gasteiger partial charge is 0.187 e. The number of hydrogen-bond acceptors (Lipinski definition) is 6. The van der Waals surface area contributed by atoms with E-state index in [-0.39, 0.29) is 17.0 Å². The van der Waals surface area contributed by atoms with E-state index in [2.05, 4.69) is 143 Å². The average molecular weight is 660 g/mol. The van der Waals surface area contributed by atoms with Crippen LogP contribution in [0.4, 0.5) is 21.6 Å². The predicted octanol–water partition coefficient (Wildman–Crippen LogP) is 11.3. The zero-order valence-corrected chi connectivity index (χ0v) is 26.3. The van der Waals surface area contributed by atoms with Crippen molar-refractivity contribution in [2.45, 2.75) is 0 Å². The molecule has 0 radical (unpaired) electrons. The second-order valence-electron chi connectivity index (χ2n) is 9.79. The summed E-state index contributed by atoms with van der Waals surface area (Å²) >= 11 is 3.20. The molecule has 2 aromatic heterocycles. The molecule has 2 heterocycles. The van der Waals surface area contributed by atoms with Crippen LogP contribution in [0.2, 0.25) is 0 Å². The lowest BCUT2D eigenvalue weighted by atomic mass is 10.0. The highest BCUT2D eigenvalue weighted by atomic mass is 79.9. The van der Waals surface area contributed by atoms with Gasteiger partial charge >= 0.3 is 0 Å². The second kappa shape index (κ2) is 13.2. The Balaban J connectivity index is 0.00000329. The summed E-state index contributed by atoms with van der Waals surface area (Å²) in [5.41, 5.74) is 10.9. The fraction of sp³-hybridized carbons (Fsp3) is 0. The monoisotopic (exact) mass is 658 g/mol. The quantitative estimate of drug-likeness (QED) is 0.170. The van der Waals surface area contributed by atoms with Gasteiger partial charge in [-0.15, -0.1) is 39.7 Å². The van der Waals surface area contributed by atoms with Gasteiger partial charge in [0.25, 0.3) is 0 Å². The molecule has 0 unspecified atom stereocenters. The fourth-order valence-electron chi connectivity index (χ4n) is 4.74. The average Bonchev–Trinajstić information content (AvgIpc) is 3.73. The first kappa shape index (κ1) is 28.6. The molecule has 0 saturated heterocycles. The van der Waals surface area contributed by atoms with Gasteiger partial charge in [-0.1, -0.05) is 109 Å². The molecule has 0 spiro atoms. The van der Waals surface area contributed by atoms with E-state index >= 15 is 0 Å². The van der Waals surface area contributed by atoms with E-state index < -0.39 is 0 Å². The number of benzene rings is 5. The molecule has 210 valence electrons. The molecular formula is C36H27BrN4S2. The lowest BCUT2D eigenvalue weighted by molar-refractivity contribution is 1.37. The molecule has 0 atom stereocenters. The summed E-state index contributed by atoms with van der Waals surface area (Å²) in [5, 5.41) is 12.8. The van der Waals surface area contributed by atoms with Gasteiger partial charge in [-0.05, 0) is 46.5 Å². The highest BCUT2D eigenvalue weighted by Crippen LogP contribution is 2.31. The van der Waals surface area contributed by atoms with Crippen LogP contribution in [-0.2, 0) is 0 Å². The van der Waals surface area contributed by atoms with Gasteiger partial charge in [0.2, 0.25) is 0 Å². The highest BCUT2D eigenvalue weighted by molar-refractivity contribution is 8.93. The molecule has 0 saturated carbocycles. The van der Waals surface area contributed by atoms with Crippen LogP contribution in [0.5, 0.6) is 0 Å². The summed E-state index contributed by atoms with van der Waals surface area (Å²) in [6.07, 6.45) is 0. The number of aromatic nitrogens is 2. The summed E-state index contributed by atoms with van der Waals surface area (Å²) in [7, 11) is 0. The van der Waals surface area contributed by atoms with Gasteiger partial charge in [0.15, 0.2) is 10.3 Å². The molecule has 43 heavy (non-hydrogen) atoms. The maximum Gasteiger partial charge on any atom is 0.187 e. The lowest BCUT2D eigenvalue weighted by Crippen LogP contribution is -1.92. The molecule has 2 N–H and O–H groups in total. The normalized spacial score (nSPS) is 10.6. The van der Waals surface area contributed by atoms with Crippen LogP contribution in [-0.4, -0.2) is 9.97 Å². The number of hydrogen-bond donors (Lipinski definition) is 2. The van der Waals surface area contributed by atoms with E-state index in [1.165, 1.54) is 22.3 Å². The number of nitrogens with one attached hydrogen (secondary N) is 2. The second-order valence-corrected chi connectivity index (χ2v) is 11.5. The number of thiazole rings is 2. The van der Waals surface area contributed by atoms with Crippen molar-refractivity contribution in [3.63, 3.8) is 0 Å².